The fourth-order valence-electron chi connectivity index (χ4n) is 1.56. The van der Waals surface area contributed by atoms with Gasteiger partial charge in [-0.2, -0.15) is 0 Å². The smallest absolute Gasteiger partial charge is 0.323 e. The van der Waals surface area contributed by atoms with Gasteiger partial charge in [0.15, 0.2) is 0 Å². The first-order chi connectivity index (χ1) is 9.09. The zero-order chi connectivity index (χ0) is 15.8. The summed E-state index contributed by atoms with van der Waals surface area (Å²) in [5, 5.41) is 23.8. The van der Waals surface area contributed by atoms with Crippen molar-refractivity contribution in [3.05, 3.63) is 0 Å². The highest BCUT2D eigenvalue weighted by Crippen LogP contribution is 2.05. The van der Waals surface area contributed by atoms with Crippen LogP contribution in [0.1, 0.15) is 53.4 Å². The third-order valence-corrected chi connectivity index (χ3v) is 3.31. The first-order valence-electron chi connectivity index (χ1n) is 7.06. The van der Waals surface area contributed by atoms with E-state index in [4.69, 9.17) is 10.2 Å². The molecule has 0 aliphatic carbocycles. The second-order valence-corrected chi connectivity index (χ2v) is 6.13. The topological polar surface area (TPSA) is 98.7 Å². The van der Waals surface area contributed by atoms with Gasteiger partial charge in [0.05, 0.1) is 0 Å². The normalized spacial score (nSPS) is 12.4. The Bertz CT molecular complexity index is 295. The zero-order valence-corrected chi connectivity index (χ0v) is 13.0. The lowest BCUT2D eigenvalue weighted by Crippen LogP contribution is -2.47. The maximum Gasteiger partial charge on any atom is 0.323 e. The van der Waals surface area contributed by atoms with Gasteiger partial charge in [-0.15, -0.1) is 0 Å². The zero-order valence-electron chi connectivity index (χ0n) is 13.0. The predicted molar refractivity (Wildman–Crippen MR) is 77.9 cm³/mol. The van der Waals surface area contributed by atoms with Crippen LogP contribution in [-0.4, -0.2) is 46.3 Å². The molecule has 6 heteroatoms. The molecule has 4 N–H and O–H groups in total. The van der Waals surface area contributed by atoms with E-state index in [1.165, 1.54) is 0 Å². The van der Waals surface area contributed by atoms with Crippen LogP contribution in [-0.2, 0) is 9.59 Å². The maximum absolute atomic E-state index is 10.9. The number of rotatable bonds is 11. The van der Waals surface area contributed by atoms with Crippen molar-refractivity contribution < 1.29 is 19.8 Å². The van der Waals surface area contributed by atoms with Crippen molar-refractivity contribution in [3.8, 4) is 0 Å². The van der Waals surface area contributed by atoms with Gasteiger partial charge in [0, 0.05) is 0 Å². The number of unbranched alkanes of at least 4 members (excludes halogenated alkanes) is 3. The third-order valence-electron chi connectivity index (χ3n) is 3.31. The van der Waals surface area contributed by atoms with Crippen molar-refractivity contribution in [2.75, 3.05) is 13.1 Å². The van der Waals surface area contributed by atoms with E-state index in [2.05, 4.69) is 10.6 Å². The molecule has 0 aromatic rings. The number of aliphatic carboxylic acids is 2. The maximum atomic E-state index is 10.9. The molecule has 0 aliphatic rings. The number of carboxylic acids is 2. The Morgan fingerprint density at radius 3 is 1.30 bits per heavy atom. The molecule has 20 heavy (non-hydrogen) atoms. The quantitative estimate of drug-likeness (QED) is 0.430. The molecule has 118 valence electrons. The van der Waals surface area contributed by atoms with Crippen LogP contribution in [0.2, 0.25) is 0 Å². The lowest BCUT2D eigenvalue weighted by atomic mass is 10.1. The first-order valence-corrected chi connectivity index (χ1v) is 7.06. The Balaban J connectivity index is 3.56. The van der Waals surface area contributed by atoms with Crippen LogP contribution in [0, 0.1) is 0 Å². The molecule has 0 saturated heterocycles. The fraction of sp³-hybridized carbons (Fsp3) is 0.857. The Kier molecular flexibility index (Phi) is 7.75. The number of carboxylic acid groups (broad SMARTS) is 2. The molecular weight excluding hydrogens is 260 g/mol. The summed E-state index contributed by atoms with van der Waals surface area (Å²) >= 11 is 0. The van der Waals surface area contributed by atoms with E-state index in [9.17, 15) is 9.59 Å². The van der Waals surface area contributed by atoms with Crippen molar-refractivity contribution in [1.29, 1.82) is 0 Å². The summed E-state index contributed by atoms with van der Waals surface area (Å²) in [6.07, 6.45) is 3.83. The predicted octanol–water partition coefficient (Wildman–Crippen LogP) is 1.45. The molecular formula is C14H28N2O4. The number of hydrogen-bond acceptors (Lipinski definition) is 4. The van der Waals surface area contributed by atoms with Crippen molar-refractivity contribution >= 4 is 11.9 Å². The van der Waals surface area contributed by atoms with Crippen LogP contribution >= 0.6 is 0 Å². The minimum atomic E-state index is -0.882. The number of nitrogens with one attached hydrogen (secondary N) is 2. The van der Waals surface area contributed by atoms with Gasteiger partial charge in [0.2, 0.25) is 0 Å². The third kappa shape index (κ3) is 7.45. The van der Waals surface area contributed by atoms with Gasteiger partial charge in [-0.3, -0.25) is 9.59 Å². The Morgan fingerprint density at radius 2 is 1.05 bits per heavy atom. The van der Waals surface area contributed by atoms with Crippen LogP contribution in [0.25, 0.3) is 0 Å². The summed E-state index contributed by atoms with van der Waals surface area (Å²) in [6.45, 7) is 7.93. The molecule has 0 rings (SSSR count). The molecule has 0 amide bonds. The highest BCUT2D eigenvalue weighted by molar-refractivity contribution is 5.77. The summed E-state index contributed by atoms with van der Waals surface area (Å²) in [6, 6.07) is 0. The van der Waals surface area contributed by atoms with Gasteiger partial charge in [-0.25, -0.2) is 0 Å². The van der Waals surface area contributed by atoms with Crippen molar-refractivity contribution in [1.82, 2.24) is 10.6 Å². The van der Waals surface area contributed by atoms with E-state index in [1.54, 1.807) is 27.7 Å². The average molecular weight is 288 g/mol. The molecule has 0 aliphatic heterocycles. The van der Waals surface area contributed by atoms with Gasteiger partial charge >= 0.3 is 11.9 Å². The minimum absolute atomic E-state index is 0.674. The minimum Gasteiger partial charge on any atom is -0.480 e. The number of carbonyl (C=O) groups is 2. The van der Waals surface area contributed by atoms with E-state index in [0.29, 0.717) is 13.1 Å². The van der Waals surface area contributed by atoms with Gasteiger partial charge in [0.1, 0.15) is 11.1 Å². The largest absolute Gasteiger partial charge is 0.480 e. The molecule has 0 bridgehead atoms. The second kappa shape index (κ2) is 8.21. The summed E-state index contributed by atoms with van der Waals surface area (Å²) in [5.41, 5.74) is -1.76. The van der Waals surface area contributed by atoms with Gasteiger partial charge < -0.3 is 20.8 Å². The summed E-state index contributed by atoms with van der Waals surface area (Å²) in [4.78, 5) is 21.7. The fourth-order valence-corrected chi connectivity index (χ4v) is 1.56. The van der Waals surface area contributed by atoms with Gasteiger partial charge in [-0.05, 0) is 53.6 Å². The molecule has 0 unspecified atom stereocenters. The van der Waals surface area contributed by atoms with Crippen LogP contribution in [0.5, 0.6) is 0 Å². The highest BCUT2D eigenvalue weighted by atomic mass is 16.4. The monoisotopic (exact) mass is 288 g/mol. The molecule has 0 radical (unpaired) electrons. The molecule has 6 nitrogen and oxygen atoms in total. The van der Waals surface area contributed by atoms with E-state index in [0.717, 1.165) is 25.7 Å². The Morgan fingerprint density at radius 1 is 0.750 bits per heavy atom. The molecule has 0 heterocycles. The van der Waals surface area contributed by atoms with Gasteiger partial charge in [-0.1, -0.05) is 12.8 Å². The standard InChI is InChI=1S/C14H28N2O4/c1-13(2,11(17)18)15-9-7-5-6-8-10-16-14(3,4)12(19)20/h15-16H,5-10H2,1-4H3,(H,17,18)(H,19,20). The van der Waals surface area contributed by atoms with E-state index in [-0.39, 0.29) is 0 Å². The molecule has 0 fully saturated rings. The summed E-state index contributed by atoms with van der Waals surface area (Å²) in [5.74, 6) is -1.70. The molecule has 0 spiro atoms. The van der Waals surface area contributed by atoms with Crippen molar-refractivity contribution in [2.24, 2.45) is 0 Å². The van der Waals surface area contributed by atoms with Crippen molar-refractivity contribution in [2.45, 2.75) is 64.5 Å². The van der Waals surface area contributed by atoms with E-state index >= 15 is 0 Å². The number of hydrogen-bond donors (Lipinski definition) is 4. The van der Waals surface area contributed by atoms with E-state index < -0.39 is 23.0 Å². The lowest BCUT2D eigenvalue weighted by Gasteiger charge is -2.21. The molecule has 0 aromatic heterocycles. The Labute approximate surface area is 120 Å². The van der Waals surface area contributed by atoms with E-state index in [1.807, 2.05) is 0 Å². The molecule has 0 aromatic carbocycles. The van der Waals surface area contributed by atoms with Crippen molar-refractivity contribution in [3.63, 3.8) is 0 Å². The van der Waals surface area contributed by atoms with Crippen LogP contribution in [0.15, 0.2) is 0 Å². The SMILES string of the molecule is CC(C)(NCCCCCCNC(C)(C)C(=O)O)C(=O)O. The average Bonchev–Trinajstić information content (AvgIpc) is 2.31. The lowest BCUT2D eigenvalue weighted by molar-refractivity contribution is -0.144. The highest BCUT2D eigenvalue weighted by Gasteiger charge is 2.26. The van der Waals surface area contributed by atoms with Gasteiger partial charge in [0.25, 0.3) is 0 Å². The summed E-state index contributed by atoms with van der Waals surface area (Å²) < 4.78 is 0. The van der Waals surface area contributed by atoms with Crippen LogP contribution < -0.4 is 10.6 Å². The Hall–Kier alpha value is -1.14. The molecule has 0 saturated carbocycles. The second-order valence-electron chi connectivity index (χ2n) is 6.13. The first kappa shape index (κ1) is 18.9. The summed E-state index contributed by atoms with van der Waals surface area (Å²) in [7, 11) is 0. The molecule has 0 atom stereocenters. The van der Waals surface area contributed by atoms with Crippen LogP contribution in [0.4, 0.5) is 0 Å². The van der Waals surface area contributed by atoms with Crippen LogP contribution in [0.3, 0.4) is 0 Å².